The van der Waals surface area contributed by atoms with Gasteiger partial charge < -0.3 is 8.98 Å². The van der Waals surface area contributed by atoms with Gasteiger partial charge in [-0.3, -0.25) is 0 Å². The summed E-state index contributed by atoms with van der Waals surface area (Å²) in [6.07, 6.45) is 0. The molecule has 62 heavy (non-hydrogen) atoms. The third-order valence-electron chi connectivity index (χ3n) is 12.4. The molecule has 0 aliphatic heterocycles. The van der Waals surface area contributed by atoms with E-state index >= 15 is 0 Å². The second-order valence-electron chi connectivity index (χ2n) is 16.0. The highest BCUT2D eigenvalue weighted by molar-refractivity contribution is 6.20. The van der Waals surface area contributed by atoms with Crippen molar-refractivity contribution in [1.82, 2.24) is 19.5 Å². The molecule has 13 aromatic rings. The normalized spacial score (nSPS) is 11.9. The number of benzene rings is 10. The number of rotatable bonds is 5. The maximum absolute atomic E-state index is 6.65. The lowest BCUT2D eigenvalue weighted by Crippen LogP contribution is -2.00. The molecule has 3 aromatic heterocycles. The van der Waals surface area contributed by atoms with Gasteiger partial charge in [0.15, 0.2) is 17.5 Å². The van der Waals surface area contributed by atoms with Crippen LogP contribution < -0.4 is 0 Å². The Hall–Kier alpha value is -8.41. The first-order valence-corrected chi connectivity index (χ1v) is 20.9. The second kappa shape index (κ2) is 13.6. The Morgan fingerprint density at radius 1 is 0.306 bits per heavy atom. The summed E-state index contributed by atoms with van der Waals surface area (Å²) >= 11 is 0. The first-order chi connectivity index (χ1) is 30.7. The maximum Gasteiger partial charge on any atom is 0.164 e. The van der Waals surface area contributed by atoms with E-state index in [0.29, 0.717) is 17.5 Å². The van der Waals surface area contributed by atoms with E-state index in [1.165, 1.54) is 48.9 Å². The van der Waals surface area contributed by atoms with E-state index in [-0.39, 0.29) is 0 Å². The molecule has 0 bridgehead atoms. The highest BCUT2D eigenvalue weighted by Gasteiger charge is 2.18. The minimum Gasteiger partial charge on any atom is -0.456 e. The summed E-state index contributed by atoms with van der Waals surface area (Å²) in [6.45, 7) is 0. The number of hydrogen-bond donors (Lipinski definition) is 0. The van der Waals surface area contributed by atoms with Crippen molar-refractivity contribution in [2.45, 2.75) is 0 Å². The van der Waals surface area contributed by atoms with Crippen molar-refractivity contribution < 1.29 is 4.42 Å². The molecule has 0 aliphatic rings. The molecule has 0 unspecified atom stereocenters. The third kappa shape index (κ3) is 5.52. The third-order valence-corrected chi connectivity index (χ3v) is 12.4. The van der Waals surface area contributed by atoms with Crippen molar-refractivity contribution in [3.63, 3.8) is 0 Å². The van der Waals surface area contributed by atoms with E-state index in [2.05, 4.69) is 180 Å². The van der Waals surface area contributed by atoms with Gasteiger partial charge in [0, 0.05) is 50.0 Å². The lowest BCUT2D eigenvalue weighted by molar-refractivity contribution is 0.669. The van der Waals surface area contributed by atoms with Crippen molar-refractivity contribution in [2.24, 2.45) is 0 Å². The van der Waals surface area contributed by atoms with Gasteiger partial charge in [-0.2, -0.15) is 0 Å². The maximum atomic E-state index is 6.65. The van der Waals surface area contributed by atoms with Crippen LogP contribution >= 0.6 is 0 Å². The fourth-order valence-electron chi connectivity index (χ4n) is 9.34. The molecule has 5 nitrogen and oxygen atoms in total. The topological polar surface area (TPSA) is 56.7 Å². The van der Waals surface area contributed by atoms with Crippen molar-refractivity contribution in [2.75, 3.05) is 0 Å². The average molecular weight is 791 g/mol. The van der Waals surface area contributed by atoms with Gasteiger partial charge in [-0.15, -0.1) is 0 Å². The molecule has 0 saturated heterocycles. The van der Waals surface area contributed by atoms with Crippen molar-refractivity contribution in [3.05, 3.63) is 206 Å². The SMILES string of the molecule is c1ccc(-c2nc(-c3ccc(-c4ccc5ccccc5c4)cc3)nc(-c3ccc4c(ccc5oc6cc(-n7c8ccccc8c8cc9ccccc9cc87)ccc6c54)c3)n2)cc1. The Kier molecular flexibility index (Phi) is 7.54. The van der Waals surface area contributed by atoms with E-state index in [0.717, 1.165) is 60.7 Å². The van der Waals surface area contributed by atoms with Gasteiger partial charge in [-0.25, -0.2) is 15.0 Å². The lowest BCUT2D eigenvalue weighted by atomic mass is 10.00. The van der Waals surface area contributed by atoms with Crippen molar-refractivity contribution in [1.29, 1.82) is 0 Å². The quantitative estimate of drug-likeness (QED) is 0.174. The molecule has 0 amide bonds. The van der Waals surface area contributed by atoms with E-state index < -0.39 is 0 Å². The van der Waals surface area contributed by atoms with E-state index in [1.54, 1.807) is 0 Å². The number of fused-ring (bicyclic) bond motifs is 10. The van der Waals surface area contributed by atoms with E-state index in [4.69, 9.17) is 19.4 Å². The Morgan fingerprint density at radius 2 is 0.887 bits per heavy atom. The summed E-state index contributed by atoms with van der Waals surface area (Å²) < 4.78 is 9.01. The summed E-state index contributed by atoms with van der Waals surface area (Å²) in [6, 6.07) is 72.8. The van der Waals surface area contributed by atoms with E-state index in [1.807, 2.05) is 30.3 Å². The second-order valence-corrected chi connectivity index (χ2v) is 16.0. The molecule has 0 fully saturated rings. The van der Waals surface area contributed by atoms with Crippen LogP contribution in [0, 0.1) is 0 Å². The van der Waals surface area contributed by atoms with Crippen molar-refractivity contribution >= 4 is 76.1 Å². The van der Waals surface area contributed by atoms with Gasteiger partial charge >= 0.3 is 0 Å². The largest absolute Gasteiger partial charge is 0.456 e. The van der Waals surface area contributed by atoms with Gasteiger partial charge in [0.25, 0.3) is 0 Å². The number of para-hydroxylation sites is 1. The number of hydrogen-bond acceptors (Lipinski definition) is 4. The van der Waals surface area contributed by atoms with Crippen LogP contribution in [0.2, 0.25) is 0 Å². The van der Waals surface area contributed by atoms with Crippen LogP contribution in [0.3, 0.4) is 0 Å². The molecule has 0 spiro atoms. The molecule has 0 N–H and O–H groups in total. The predicted molar refractivity (Wildman–Crippen MR) is 256 cm³/mol. The summed E-state index contributed by atoms with van der Waals surface area (Å²) in [5.74, 6) is 1.88. The molecule has 0 saturated carbocycles. The molecule has 0 radical (unpaired) electrons. The lowest BCUT2D eigenvalue weighted by Gasteiger charge is -2.10. The fraction of sp³-hybridized carbons (Fsp3) is 0. The fourth-order valence-corrected chi connectivity index (χ4v) is 9.34. The summed E-state index contributed by atoms with van der Waals surface area (Å²) in [7, 11) is 0. The Bertz CT molecular complexity index is 3920. The zero-order valence-corrected chi connectivity index (χ0v) is 33.3. The zero-order chi connectivity index (χ0) is 40.7. The first-order valence-electron chi connectivity index (χ1n) is 20.9. The summed E-state index contributed by atoms with van der Waals surface area (Å²) in [4.78, 5) is 15.2. The van der Waals surface area contributed by atoms with Crippen LogP contribution in [0.15, 0.2) is 211 Å². The molecular formula is C57H34N4O. The minimum atomic E-state index is 0.620. The van der Waals surface area contributed by atoms with Crippen LogP contribution in [0.25, 0.3) is 127 Å². The van der Waals surface area contributed by atoms with Crippen LogP contribution in [0.4, 0.5) is 0 Å². The summed E-state index contributed by atoms with van der Waals surface area (Å²) in [5.41, 5.74) is 10.2. The van der Waals surface area contributed by atoms with Gasteiger partial charge in [-0.05, 0) is 92.0 Å². The Balaban J connectivity index is 0.906. The first kappa shape index (κ1) is 34.5. The molecule has 3 heterocycles. The van der Waals surface area contributed by atoms with E-state index in [9.17, 15) is 0 Å². The molecule has 10 aromatic carbocycles. The van der Waals surface area contributed by atoms with Crippen molar-refractivity contribution in [3.8, 4) is 51.0 Å². The Labute approximate surface area is 355 Å². The zero-order valence-electron chi connectivity index (χ0n) is 33.3. The predicted octanol–water partition coefficient (Wildman–Crippen LogP) is 15.0. The smallest absolute Gasteiger partial charge is 0.164 e. The highest BCUT2D eigenvalue weighted by Crippen LogP contribution is 2.40. The summed E-state index contributed by atoms with van der Waals surface area (Å²) in [5, 5.41) is 11.7. The van der Waals surface area contributed by atoms with Gasteiger partial charge in [0.1, 0.15) is 11.2 Å². The molecule has 5 heteroatoms. The Morgan fingerprint density at radius 3 is 1.69 bits per heavy atom. The van der Waals surface area contributed by atoms with Crippen LogP contribution in [0.5, 0.6) is 0 Å². The van der Waals surface area contributed by atoms with Gasteiger partial charge in [-0.1, -0.05) is 152 Å². The number of nitrogens with zero attached hydrogens (tertiary/aromatic N) is 4. The van der Waals surface area contributed by atoms with Crippen LogP contribution in [-0.2, 0) is 0 Å². The average Bonchev–Trinajstić information content (AvgIpc) is 3.88. The molecular weight excluding hydrogens is 757 g/mol. The molecule has 13 rings (SSSR count). The monoisotopic (exact) mass is 790 g/mol. The molecule has 0 atom stereocenters. The highest BCUT2D eigenvalue weighted by atomic mass is 16.3. The molecule has 0 aliphatic carbocycles. The van der Waals surface area contributed by atoms with Crippen LogP contribution in [-0.4, -0.2) is 19.5 Å². The van der Waals surface area contributed by atoms with Gasteiger partial charge in [0.2, 0.25) is 0 Å². The number of aromatic nitrogens is 4. The van der Waals surface area contributed by atoms with Gasteiger partial charge in [0.05, 0.1) is 11.0 Å². The minimum absolute atomic E-state index is 0.620. The number of furan rings is 1. The van der Waals surface area contributed by atoms with Crippen LogP contribution in [0.1, 0.15) is 0 Å². The standard InChI is InChI=1S/C57H34N4O/c1-2-11-37(12-3-1)55-58-56(38-21-18-36(19-22-38)42-23-20-35-10-4-5-13-39(35)30-42)60-57(59-55)44-24-27-46-43(31-44)25-29-52-54(46)48-28-26-45(34-53(48)62-52)61-50-17-9-8-16-47(50)49-32-40-14-6-7-15-41(40)33-51(49)61/h1-34H. The molecule has 288 valence electrons.